The second-order valence-corrected chi connectivity index (χ2v) is 6.90. The summed E-state index contributed by atoms with van der Waals surface area (Å²) in [6.07, 6.45) is 0. The van der Waals surface area contributed by atoms with Crippen LogP contribution >= 0.6 is 15.9 Å². The van der Waals surface area contributed by atoms with Crippen LogP contribution in [0, 0.1) is 5.41 Å². The Morgan fingerprint density at radius 2 is 1.76 bits per heavy atom. The second kappa shape index (κ2) is 6.30. The quantitative estimate of drug-likeness (QED) is 0.878. The summed E-state index contributed by atoms with van der Waals surface area (Å²) in [5, 5.41) is 3.73. The molecule has 0 aliphatic carbocycles. The minimum atomic E-state index is 0.194. The maximum Gasteiger partial charge on any atom is 0.0588 e. The summed E-state index contributed by atoms with van der Waals surface area (Å²) in [6, 6.07) is 19.2. The van der Waals surface area contributed by atoms with Gasteiger partial charge >= 0.3 is 0 Å². The lowest BCUT2D eigenvalue weighted by Gasteiger charge is -2.39. The molecule has 21 heavy (non-hydrogen) atoms. The molecule has 1 aliphatic heterocycles. The molecule has 1 fully saturated rings. The number of rotatable bonds is 5. The first kappa shape index (κ1) is 14.8. The first-order valence-electron chi connectivity index (χ1n) is 7.28. The molecular formula is C18H20BrNO. The van der Waals surface area contributed by atoms with Crippen LogP contribution in [0.25, 0.3) is 0 Å². The van der Waals surface area contributed by atoms with Crippen LogP contribution in [0.4, 0.5) is 0 Å². The van der Waals surface area contributed by atoms with Gasteiger partial charge in [-0.2, -0.15) is 0 Å². The van der Waals surface area contributed by atoms with Crippen LogP contribution < -0.4 is 5.32 Å². The van der Waals surface area contributed by atoms with Crippen LogP contribution in [0.15, 0.2) is 59.1 Å². The molecule has 0 radical (unpaired) electrons. The molecule has 0 aromatic heterocycles. The number of halogens is 1. The molecule has 3 rings (SSSR count). The monoisotopic (exact) mass is 345 g/mol. The Morgan fingerprint density at radius 1 is 1.10 bits per heavy atom. The predicted octanol–water partition coefficient (Wildman–Crippen LogP) is 4.16. The number of hydrogen-bond donors (Lipinski definition) is 1. The number of benzene rings is 2. The van der Waals surface area contributed by atoms with E-state index in [9.17, 15) is 0 Å². The highest BCUT2D eigenvalue weighted by atomic mass is 79.9. The Hall–Kier alpha value is -1.16. The molecule has 1 atom stereocenters. The van der Waals surface area contributed by atoms with Gasteiger partial charge in [0.2, 0.25) is 0 Å². The molecule has 1 unspecified atom stereocenters. The van der Waals surface area contributed by atoms with E-state index >= 15 is 0 Å². The zero-order chi connectivity index (χ0) is 14.7. The first-order chi connectivity index (χ1) is 10.2. The van der Waals surface area contributed by atoms with Gasteiger partial charge in [0.1, 0.15) is 0 Å². The second-order valence-electron chi connectivity index (χ2n) is 6.05. The molecule has 0 spiro atoms. The van der Waals surface area contributed by atoms with Gasteiger partial charge in [-0.3, -0.25) is 0 Å². The molecule has 1 saturated heterocycles. The van der Waals surface area contributed by atoms with Crippen LogP contribution in [0.2, 0.25) is 0 Å². The number of ether oxygens (including phenoxy) is 1. The lowest BCUT2D eigenvalue weighted by atomic mass is 9.87. The van der Waals surface area contributed by atoms with Crippen LogP contribution in [0.3, 0.4) is 0 Å². The number of nitrogens with one attached hydrogen (secondary N) is 1. The van der Waals surface area contributed by atoms with Crippen molar-refractivity contribution < 1.29 is 4.74 Å². The van der Waals surface area contributed by atoms with Gasteiger partial charge in [0.25, 0.3) is 0 Å². The van der Waals surface area contributed by atoms with Gasteiger partial charge in [0.15, 0.2) is 0 Å². The molecule has 110 valence electrons. The normalized spacial score (nSPS) is 18.0. The average Bonchev–Trinajstić information content (AvgIpc) is 2.48. The van der Waals surface area contributed by atoms with Gasteiger partial charge in [-0.05, 0) is 17.2 Å². The van der Waals surface area contributed by atoms with Crippen molar-refractivity contribution in [3.05, 3.63) is 70.2 Å². The molecule has 2 aromatic rings. The minimum absolute atomic E-state index is 0.194. The summed E-state index contributed by atoms with van der Waals surface area (Å²) in [7, 11) is 0. The summed E-state index contributed by atoms with van der Waals surface area (Å²) in [5.74, 6) is 0. The van der Waals surface area contributed by atoms with Crippen LogP contribution in [-0.2, 0) is 4.74 Å². The van der Waals surface area contributed by atoms with Crippen molar-refractivity contribution in [2.75, 3.05) is 19.8 Å². The van der Waals surface area contributed by atoms with Crippen molar-refractivity contribution in [3.8, 4) is 0 Å². The smallest absolute Gasteiger partial charge is 0.0588 e. The zero-order valence-electron chi connectivity index (χ0n) is 12.2. The Kier molecular flexibility index (Phi) is 4.43. The average molecular weight is 346 g/mol. The van der Waals surface area contributed by atoms with E-state index in [1.807, 2.05) is 0 Å². The maximum absolute atomic E-state index is 5.36. The predicted molar refractivity (Wildman–Crippen MR) is 89.4 cm³/mol. The van der Waals surface area contributed by atoms with Gasteiger partial charge in [-0.1, -0.05) is 71.4 Å². The lowest BCUT2D eigenvalue weighted by molar-refractivity contribution is -0.0997. The molecule has 2 aromatic carbocycles. The minimum Gasteiger partial charge on any atom is -0.380 e. The summed E-state index contributed by atoms with van der Waals surface area (Å²) in [5.41, 5.74) is 2.81. The van der Waals surface area contributed by atoms with Crippen molar-refractivity contribution in [2.45, 2.75) is 13.0 Å². The van der Waals surface area contributed by atoms with E-state index < -0.39 is 0 Å². The fraction of sp³-hybridized carbons (Fsp3) is 0.333. The van der Waals surface area contributed by atoms with E-state index in [1.165, 1.54) is 11.1 Å². The van der Waals surface area contributed by atoms with E-state index in [0.717, 1.165) is 24.2 Å². The van der Waals surface area contributed by atoms with E-state index in [4.69, 9.17) is 4.74 Å². The zero-order valence-corrected chi connectivity index (χ0v) is 13.8. The van der Waals surface area contributed by atoms with E-state index in [0.29, 0.717) is 0 Å². The van der Waals surface area contributed by atoms with E-state index in [-0.39, 0.29) is 11.5 Å². The molecule has 2 nitrogen and oxygen atoms in total. The molecule has 0 amide bonds. The highest BCUT2D eigenvalue weighted by molar-refractivity contribution is 9.10. The third-order valence-electron chi connectivity index (χ3n) is 3.98. The van der Waals surface area contributed by atoms with Crippen LogP contribution in [0.1, 0.15) is 24.1 Å². The molecular weight excluding hydrogens is 326 g/mol. The number of hydrogen-bond acceptors (Lipinski definition) is 2. The molecule has 1 heterocycles. The standard InChI is InChI=1S/C18H20BrNO/c1-18(12-21-13-18)11-20-17(14-7-3-2-4-8-14)15-9-5-6-10-16(15)19/h2-10,17,20H,11-13H2,1H3. The third-order valence-corrected chi connectivity index (χ3v) is 4.71. The van der Waals surface area contributed by atoms with Gasteiger partial charge in [0.05, 0.1) is 19.3 Å². The first-order valence-corrected chi connectivity index (χ1v) is 8.08. The Bertz CT molecular complexity index is 595. The highest BCUT2D eigenvalue weighted by Gasteiger charge is 2.34. The van der Waals surface area contributed by atoms with Crippen molar-refractivity contribution >= 4 is 15.9 Å². The van der Waals surface area contributed by atoms with Gasteiger partial charge in [0, 0.05) is 16.4 Å². The van der Waals surface area contributed by atoms with Crippen molar-refractivity contribution in [3.63, 3.8) is 0 Å². The summed E-state index contributed by atoms with van der Waals surface area (Å²) in [6.45, 7) is 4.91. The topological polar surface area (TPSA) is 21.3 Å². The lowest BCUT2D eigenvalue weighted by Crippen LogP contribution is -2.48. The molecule has 1 aliphatic rings. The van der Waals surface area contributed by atoms with E-state index in [2.05, 4.69) is 82.8 Å². The molecule has 3 heteroatoms. The Morgan fingerprint density at radius 3 is 2.38 bits per heavy atom. The van der Waals surface area contributed by atoms with Gasteiger partial charge < -0.3 is 10.1 Å². The van der Waals surface area contributed by atoms with Crippen molar-refractivity contribution in [1.82, 2.24) is 5.32 Å². The maximum atomic E-state index is 5.36. The summed E-state index contributed by atoms with van der Waals surface area (Å²) >= 11 is 3.68. The van der Waals surface area contributed by atoms with Gasteiger partial charge in [-0.25, -0.2) is 0 Å². The summed E-state index contributed by atoms with van der Waals surface area (Å²) < 4.78 is 6.50. The molecule has 0 bridgehead atoms. The molecule has 1 N–H and O–H groups in total. The fourth-order valence-electron chi connectivity index (χ4n) is 2.66. The van der Waals surface area contributed by atoms with Crippen LogP contribution in [-0.4, -0.2) is 19.8 Å². The van der Waals surface area contributed by atoms with E-state index in [1.54, 1.807) is 0 Å². The van der Waals surface area contributed by atoms with Crippen LogP contribution in [0.5, 0.6) is 0 Å². The summed E-state index contributed by atoms with van der Waals surface area (Å²) in [4.78, 5) is 0. The fourth-order valence-corrected chi connectivity index (χ4v) is 3.18. The van der Waals surface area contributed by atoms with Gasteiger partial charge in [-0.15, -0.1) is 0 Å². The highest BCUT2D eigenvalue weighted by Crippen LogP contribution is 2.31. The largest absolute Gasteiger partial charge is 0.380 e. The Labute approximate surface area is 134 Å². The molecule has 0 saturated carbocycles. The SMILES string of the molecule is CC1(CNC(c2ccccc2)c2ccccc2Br)COC1. The third kappa shape index (κ3) is 3.37. The van der Waals surface area contributed by atoms with Crippen molar-refractivity contribution in [1.29, 1.82) is 0 Å². The Balaban J connectivity index is 1.86. The van der Waals surface area contributed by atoms with Crippen molar-refractivity contribution in [2.24, 2.45) is 5.41 Å².